The molecule has 1 aromatic carbocycles. The number of aryl methyl sites for hydroxylation is 1. The van der Waals surface area contributed by atoms with E-state index in [-0.39, 0.29) is 5.75 Å². The van der Waals surface area contributed by atoms with Crippen LogP contribution in [0.1, 0.15) is 31.9 Å². The maximum Gasteiger partial charge on any atom is 0.211 e. The van der Waals surface area contributed by atoms with Crippen LogP contribution in [0.25, 0.3) is 0 Å². The largest absolute Gasteiger partial charge is 0.212 e. The first-order valence-corrected chi connectivity index (χ1v) is 7.21. The zero-order valence-electron chi connectivity index (χ0n) is 10.4. The molecule has 1 rings (SSSR count). The smallest absolute Gasteiger partial charge is 0.211 e. The molecule has 0 fully saturated rings. The lowest BCUT2D eigenvalue weighted by atomic mass is 10.1. The van der Waals surface area contributed by atoms with Crippen molar-refractivity contribution in [1.29, 1.82) is 0 Å². The van der Waals surface area contributed by atoms with Crippen molar-refractivity contribution < 1.29 is 8.42 Å². The van der Waals surface area contributed by atoms with Crippen LogP contribution in [0.4, 0.5) is 0 Å². The molecule has 92 valence electrons. The third-order valence-electron chi connectivity index (χ3n) is 1.96. The summed E-state index contributed by atoms with van der Waals surface area (Å²) in [5.74, 6) is 0.124. The van der Waals surface area contributed by atoms with Crippen LogP contribution in [0.15, 0.2) is 24.3 Å². The minimum absolute atomic E-state index is 0.124. The lowest BCUT2D eigenvalue weighted by Crippen LogP contribution is -2.24. The van der Waals surface area contributed by atoms with Crippen LogP contribution in [0.3, 0.4) is 0 Å². The van der Waals surface area contributed by atoms with Crippen LogP contribution in [-0.2, 0) is 16.6 Å². The molecule has 0 aliphatic carbocycles. The molecule has 0 saturated heterocycles. The highest BCUT2D eigenvalue weighted by Gasteiger charge is 2.05. The molecule has 16 heavy (non-hydrogen) atoms. The summed E-state index contributed by atoms with van der Waals surface area (Å²) in [5, 5.41) is 0. The zero-order chi connectivity index (χ0) is 12.6. The summed E-state index contributed by atoms with van der Waals surface area (Å²) in [5.41, 5.74) is 2.13. The molecule has 0 spiro atoms. The summed E-state index contributed by atoms with van der Waals surface area (Å²) in [6.45, 7) is 7.98. The minimum atomic E-state index is -3.08. The topological polar surface area (TPSA) is 46.2 Å². The number of hydrogen-bond acceptors (Lipinski definition) is 2. The molecule has 0 aliphatic heterocycles. The molecule has 4 heteroatoms. The van der Waals surface area contributed by atoms with Gasteiger partial charge in [-0.25, -0.2) is 13.1 Å². The fourth-order valence-corrected chi connectivity index (χ4v) is 1.71. The number of rotatable bonds is 4. The Hall–Kier alpha value is -0.870. The van der Waals surface area contributed by atoms with Crippen LogP contribution >= 0.6 is 0 Å². The maximum absolute atomic E-state index is 11.1. The molecule has 0 atom stereocenters. The van der Waals surface area contributed by atoms with Crippen LogP contribution in [0.2, 0.25) is 0 Å². The van der Waals surface area contributed by atoms with Crippen molar-refractivity contribution in [2.75, 3.05) is 5.75 Å². The molecule has 0 heterocycles. The van der Waals surface area contributed by atoms with Crippen LogP contribution in [0, 0.1) is 6.92 Å². The van der Waals surface area contributed by atoms with Gasteiger partial charge in [0.25, 0.3) is 0 Å². The Morgan fingerprint density at radius 2 is 1.88 bits per heavy atom. The molecule has 0 unspecified atom stereocenters. The van der Waals surface area contributed by atoms with Gasteiger partial charge in [-0.15, -0.1) is 0 Å². The van der Waals surface area contributed by atoms with Crippen molar-refractivity contribution >= 4 is 10.0 Å². The van der Waals surface area contributed by atoms with E-state index < -0.39 is 10.0 Å². The van der Waals surface area contributed by atoms with Gasteiger partial charge in [-0.3, -0.25) is 0 Å². The van der Waals surface area contributed by atoms with E-state index in [1.54, 1.807) is 6.92 Å². The predicted octanol–water partition coefficient (Wildman–Crippen LogP) is 2.46. The molecule has 0 aliphatic rings. The number of sulfonamides is 1. The zero-order valence-corrected chi connectivity index (χ0v) is 11.3. The van der Waals surface area contributed by atoms with Gasteiger partial charge in [0.05, 0.1) is 5.75 Å². The molecule has 1 aromatic rings. The van der Waals surface area contributed by atoms with E-state index >= 15 is 0 Å². The standard InChI is InChI=1S/C10H15NO2S.C2H6/c1-3-14(12,13)11-8-10-6-4-5-9(2)7-10;1-2/h4-7,11H,3,8H2,1-2H3;1-2H3. The highest BCUT2D eigenvalue weighted by atomic mass is 32.2. The van der Waals surface area contributed by atoms with E-state index in [0.29, 0.717) is 6.54 Å². The highest BCUT2D eigenvalue weighted by Crippen LogP contribution is 2.03. The van der Waals surface area contributed by atoms with Gasteiger partial charge in [0.1, 0.15) is 0 Å². The lowest BCUT2D eigenvalue weighted by Gasteiger charge is -2.04. The van der Waals surface area contributed by atoms with E-state index in [1.807, 2.05) is 45.0 Å². The first-order chi connectivity index (χ1) is 7.53. The predicted molar refractivity (Wildman–Crippen MR) is 68.8 cm³/mol. The Morgan fingerprint density at radius 1 is 1.25 bits per heavy atom. The van der Waals surface area contributed by atoms with E-state index in [0.717, 1.165) is 11.1 Å². The van der Waals surface area contributed by atoms with Gasteiger partial charge >= 0.3 is 0 Å². The van der Waals surface area contributed by atoms with Crippen molar-refractivity contribution in [3.05, 3.63) is 35.4 Å². The minimum Gasteiger partial charge on any atom is -0.212 e. The molecular weight excluding hydrogens is 222 g/mol. The van der Waals surface area contributed by atoms with E-state index in [9.17, 15) is 8.42 Å². The van der Waals surface area contributed by atoms with Crippen LogP contribution < -0.4 is 4.72 Å². The molecule has 0 amide bonds. The van der Waals surface area contributed by atoms with Crippen molar-refractivity contribution in [2.45, 2.75) is 34.2 Å². The Labute approximate surface area is 98.9 Å². The van der Waals surface area contributed by atoms with Gasteiger partial charge in [0.2, 0.25) is 10.0 Å². The Bertz CT molecular complexity index is 399. The summed E-state index contributed by atoms with van der Waals surface area (Å²) in [7, 11) is -3.08. The summed E-state index contributed by atoms with van der Waals surface area (Å²) in [6, 6.07) is 7.78. The first kappa shape index (κ1) is 15.1. The number of hydrogen-bond donors (Lipinski definition) is 1. The van der Waals surface area contributed by atoms with Gasteiger partial charge in [-0.1, -0.05) is 43.7 Å². The average Bonchev–Trinajstić information content (AvgIpc) is 2.30. The molecule has 1 N–H and O–H groups in total. The van der Waals surface area contributed by atoms with E-state index in [1.165, 1.54) is 0 Å². The third-order valence-corrected chi connectivity index (χ3v) is 3.30. The van der Waals surface area contributed by atoms with Gasteiger partial charge in [-0.05, 0) is 19.4 Å². The van der Waals surface area contributed by atoms with Crippen LogP contribution in [0.5, 0.6) is 0 Å². The SMILES string of the molecule is CC.CCS(=O)(=O)NCc1cccc(C)c1. The fraction of sp³-hybridized carbons (Fsp3) is 0.500. The second-order valence-corrected chi connectivity index (χ2v) is 5.31. The quantitative estimate of drug-likeness (QED) is 0.883. The van der Waals surface area contributed by atoms with Gasteiger partial charge in [-0.2, -0.15) is 0 Å². The number of benzene rings is 1. The van der Waals surface area contributed by atoms with Crippen molar-refractivity contribution in [1.82, 2.24) is 4.72 Å². The Balaban J connectivity index is 0.00000106. The lowest BCUT2D eigenvalue weighted by molar-refractivity contribution is 0.582. The fourth-order valence-electron chi connectivity index (χ4n) is 1.12. The van der Waals surface area contributed by atoms with Crippen molar-refractivity contribution in [2.24, 2.45) is 0 Å². The molecular formula is C12H21NO2S. The molecule has 0 saturated carbocycles. The Kier molecular flexibility index (Phi) is 7.01. The molecule has 0 bridgehead atoms. The molecule has 0 radical (unpaired) electrons. The van der Waals surface area contributed by atoms with Crippen molar-refractivity contribution in [3.8, 4) is 0 Å². The number of nitrogens with one attached hydrogen (secondary N) is 1. The second-order valence-electron chi connectivity index (χ2n) is 3.21. The first-order valence-electron chi connectivity index (χ1n) is 5.56. The monoisotopic (exact) mass is 243 g/mol. The van der Waals surface area contributed by atoms with E-state index in [2.05, 4.69) is 4.72 Å². The van der Waals surface area contributed by atoms with Crippen LogP contribution in [-0.4, -0.2) is 14.2 Å². The molecule has 3 nitrogen and oxygen atoms in total. The second kappa shape index (κ2) is 7.41. The summed E-state index contributed by atoms with van der Waals surface area (Å²) < 4.78 is 24.8. The highest BCUT2D eigenvalue weighted by molar-refractivity contribution is 7.89. The normalized spacial score (nSPS) is 10.5. The molecule has 0 aromatic heterocycles. The summed E-state index contributed by atoms with van der Waals surface area (Å²) in [4.78, 5) is 0. The van der Waals surface area contributed by atoms with E-state index in [4.69, 9.17) is 0 Å². The van der Waals surface area contributed by atoms with Gasteiger partial charge in [0, 0.05) is 6.54 Å². The third kappa shape index (κ3) is 5.88. The average molecular weight is 243 g/mol. The summed E-state index contributed by atoms with van der Waals surface area (Å²) >= 11 is 0. The van der Waals surface area contributed by atoms with Gasteiger partial charge < -0.3 is 0 Å². The summed E-state index contributed by atoms with van der Waals surface area (Å²) in [6.07, 6.45) is 0. The maximum atomic E-state index is 11.1. The van der Waals surface area contributed by atoms with Crippen molar-refractivity contribution in [3.63, 3.8) is 0 Å². The van der Waals surface area contributed by atoms with Gasteiger partial charge in [0.15, 0.2) is 0 Å². The Morgan fingerprint density at radius 3 is 2.38 bits per heavy atom.